The van der Waals surface area contributed by atoms with Gasteiger partial charge in [0.25, 0.3) is 0 Å². The molecule has 1 aromatic carbocycles. The Labute approximate surface area is 100 Å². The molecule has 0 amide bonds. The van der Waals surface area contributed by atoms with E-state index < -0.39 is 7.60 Å². The Morgan fingerprint density at radius 3 is 2.47 bits per heavy atom. The molecule has 0 aliphatic rings. The third-order valence-electron chi connectivity index (χ3n) is 1.76. The number of hydrogen-bond acceptors (Lipinski definition) is 3. The zero-order valence-corrected chi connectivity index (χ0v) is 10.7. The van der Waals surface area contributed by atoms with E-state index in [1.165, 1.54) is 18.2 Å². The lowest BCUT2D eigenvalue weighted by Gasteiger charge is -2.09. The first-order valence-electron chi connectivity index (χ1n) is 5.27. The number of rotatable bonds is 4. The maximum Gasteiger partial charge on any atom is 0.405 e. The summed E-state index contributed by atoms with van der Waals surface area (Å²) >= 11 is 0. The Kier molecular flexibility index (Phi) is 5.37. The number of halogens is 1. The molecule has 0 atom stereocenters. The summed E-state index contributed by atoms with van der Waals surface area (Å²) in [5.74, 6) is 2.20. The van der Waals surface area contributed by atoms with Crippen LogP contribution in [0.3, 0.4) is 0 Å². The second-order valence-corrected chi connectivity index (χ2v) is 4.82. The lowest BCUT2D eigenvalue weighted by Crippen LogP contribution is -1.93. The second kappa shape index (κ2) is 6.56. The van der Waals surface area contributed by atoms with Crippen molar-refractivity contribution in [1.82, 2.24) is 0 Å². The van der Waals surface area contributed by atoms with Crippen LogP contribution < -0.4 is 0 Å². The fraction of sp³-hybridized carbons (Fsp3) is 0.333. The predicted octanol–water partition coefficient (Wildman–Crippen LogP) is 3.40. The van der Waals surface area contributed by atoms with Crippen molar-refractivity contribution in [2.24, 2.45) is 0 Å². The third-order valence-corrected chi connectivity index (χ3v) is 3.34. The smallest absolute Gasteiger partial charge is 0.300 e. The van der Waals surface area contributed by atoms with Gasteiger partial charge in [-0.05, 0) is 32.0 Å². The van der Waals surface area contributed by atoms with Crippen LogP contribution in [0.4, 0.5) is 4.39 Å². The van der Waals surface area contributed by atoms with Crippen molar-refractivity contribution in [3.8, 4) is 11.6 Å². The molecule has 1 rings (SSSR count). The number of hydrogen-bond donors (Lipinski definition) is 0. The molecule has 0 saturated heterocycles. The fourth-order valence-corrected chi connectivity index (χ4v) is 2.29. The van der Waals surface area contributed by atoms with Crippen molar-refractivity contribution in [2.45, 2.75) is 13.8 Å². The van der Waals surface area contributed by atoms with Crippen LogP contribution in [-0.4, -0.2) is 13.2 Å². The molecule has 3 nitrogen and oxygen atoms in total. The van der Waals surface area contributed by atoms with Crippen molar-refractivity contribution >= 4 is 7.60 Å². The average Bonchev–Trinajstić information content (AvgIpc) is 2.27. The van der Waals surface area contributed by atoms with E-state index in [-0.39, 0.29) is 19.0 Å². The van der Waals surface area contributed by atoms with Gasteiger partial charge >= 0.3 is 7.60 Å². The van der Waals surface area contributed by atoms with Crippen molar-refractivity contribution in [1.29, 1.82) is 0 Å². The van der Waals surface area contributed by atoms with Crippen molar-refractivity contribution in [3.63, 3.8) is 0 Å². The first kappa shape index (κ1) is 13.9. The first-order chi connectivity index (χ1) is 8.09. The molecule has 5 heteroatoms. The molecule has 0 aromatic heterocycles. The van der Waals surface area contributed by atoms with Gasteiger partial charge in [-0.1, -0.05) is 12.0 Å². The quantitative estimate of drug-likeness (QED) is 0.611. The lowest BCUT2D eigenvalue weighted by molar-refractivity contribution is 0.230. The molecule has 0 aliphatic heterocycles. The summed E-state index contributed by atoms with van der Waals surface area (Å²) in [6.07, 6.45) is 0. The monoisotopic (exact) mass is 256 g/mol. The van der Waals surface area contributed by atoms with Gasteiger partial charge in [0.15, 0.2) is 0 Å². The van der Waals surface area contributed by atoms with E-state index in [0.29, 0.717) is 5.56 Å². The summed E-state index contributed by atoms with van der Waals surface area (Å²) in [4.78, 5) is 0. The minimum Gasteiger partial charge on any atom is -0.300 e. The van der Waals surface area contributed by atoms with Gasteiger partial charge in [0.05, 0.1) is 13.2 Å². The molecule has 17 heavy (non-hydrogen) atoms. The zero-order valence-electron chi connectivity index (χ0n) is 9.77. The Balaban J connectivity index is 2.91. The zero-order chi connectivity index (χ0) is 12.7. The second-order valence-electron chi connectivity index (χ2n) is 3.08. The Bertz CT molecular complexity index is 466. The molecule has 92 valence electrons. The lowest BCUT2D eigenvalue weighted by atomic mass is 10.2. The van der Waals surface area contributed by atoms with Gasteiger partial charge in [-0.25, -0.2) is 8.96 Å². The molecule has 0 aliphatic carbocycles. The number of benzene rings is 1. The van der Waals surface area contributed by atoms with E-state index in [1.54, 1.807) is 19.9 Å². The average molecular weight is 256 g/mol. The molecular weight excluding hydrogens is 242 g/mol. The molecule has 0 radical (unpaired) electrons. The van der Waals surface area contributed by atoms with Gasteiger partial charge in [-0.15, -0.1) is 0 Å². The van der Waals surface area contributed by atoms with Gasteiger partial charge in [0, 0.05) is 11.2 Å². The molecule has 0 unspecified atom stereocenters. The van der Waals surface area contributed by atoms with Crippen LogP contribution in [0.2, 0.25) is 0 Å². The van der Waals surface area contributed by atoms with Crippen LogP contribution in [-0.2, 0) is 13.6 Å². The Morgan fingerprint density at radius 2 is 1.94 bits per heavy atom. The molecule has 0 fully saturated rings. The van der Waals surface area contributed by atoms with Crippen molar-refractivity contribution in [3.05, 3.63) is 35.6 Å². The summed E-state index contributed by atoms with van der Waals surface area (Å²) in [5, 5.41) is 0. The summed E-state index contributed by atoms with van der Waals surface area (Å²) in [7, 11) is -3.38. The molecule has 0 spiro atoms. The van der Waals surface area contributed by atoms with Crippen LogP contribution in [0, 0.1) is 17.4 Å². The molecule has 0 heterocycles. The molecule has 1 aromatic rings. The maximum absolute atomic E-state index is 12.9. The highest BCUT2D eigenvalue weighted by molar-refractivity contribution is 7.59. The van der Waals surface area contributed by atoms with Crippen molar-refractivity contribution < 1.29 is 18.0 Å². The summed E-state index contributed by atoms with van der Waals surface area (Å²) < 4.78 is 34.8. The molecular formula is C12H14FO3P. The van der Waals surface area contributed by atoms with Crippen LogP contribution in [0.25, 0.3) is 0 Å². The molecule has 0 N–H and O–H groups in total. The van der Waals surface area contributed by atoms with E-state index in [1.807, 2.05) is 0 Å². The van der Waals surface area contributed by atoms with Crippen LogP contribution in [0.1, 0.15) is 19.4 Å². The van der Waals surface area contributed by atoms with Crippen LogP contribution in [0.15, 0.2) is 24.3 Å². The highest BCUT2D eigenvalue weighted by Crippen LogP contribution is 2.46. The van der Waals surface area contributed by atoms with Gasteiger partial charge in [-0.2, -0.15) is 0 Å². The van der Waals surface area contributed by atoms with Crippen molar-refractivity contribution in [2.75, 3.05) is 13.2 Å². The summed E-state index contributed by atoms with van der Waals surface area (Å²) in [6.45, 7) is 3.90. The third kappa shape index (κ3) is 4.70. The minimum atomic E-state index is -3.38. The maximum atomic E-state index is 12.9. The standard InChI is InChI=1S/C12H14FO3P/c1-3-15-17(14,16-4-2)9-8-11-6-5-7-12(13)10-11/h5-7,10H,3-4H2,1-2H3. The highest BCUT2D eigenvalue weighted by atomic mass is 31.2. The summed E-state index contributed by atoms with van der Waals surface area (Å²) in [6, 6.07) is 5.73. The van der Waals surface area contributed by atoms with E-state index in [0.717, 1.165) is 0 Å². The Hall–Kier alpha value is -1.14. The Morgan fingerprint density at radius 1 is 1.29 bits per heavy atom. The predicted molar refractivity (Wildman–Crippen MR) is 64.1 cm³/mol. The van der Waals surface area contributed by atoms with Gasteiger partial charge in [0.1, 0.15) is 5.82 Å². The summed E-state index contributed by atoms with van der Waals surface area (Å²) in [5.41, 5.74) is 2.87. The van der Waals surface area contributed by atoms with Crippen LogP contribution >= 0.6 is 7.60 Å². The highest BCUT2D eigenvalue weighted by Gasteiger charge is 2.19. The largest absolute Gasteiger partial charge is 0.405 e. The van der Waals surface area contributed by atoms with E-state index in [2.05, 4.69) is 11.6 Å². The van der Waals surface area contributed by atoms with Gasteiger partial charge in [0.2, 0.25) is 0 Å². The molecule has 0 saturated carbocycles. The van der Waals surface area contributed by atoms with Gasteiger partial charge < -0.3 is 0 Å². The van der Waals surface area contributed by atoms with Gasteiger partial charge in [-0.3, -0.25) is 9.05 Å². The first-order valence-corrected chi connectivity index (χ1v) is 6.82. The van der Waals surface area contributed by atoms with E-state index in [4.69, 9.17) is 9.05 Å². The van der Waals surface area contributed by atoms with E-state index >= 15 is 0 Å². The minimum absolute atomic E-state index is 0.245. The normalized spacial score (nSPS) is 10.8. The van der Waals surface area contributed by atoms with E-state index in [9.17, 15) is 8.96 Å². The molecule has 0 bridgehead atoms. The SMILES string of the molecule is CCOP(=O)(C#Cc1cccc(F)c1)OCC. The van der Waals surface area contributed by atoms with Crippen LogP contribution in [0.5, 0.6) is 0 Å². The topological polar surface area (TPSA) is 35.5 Å². The fourth-order valence-electron chi connectivity index (χ4n) is 1.14.